The fraction of sp³-hybridized carbons (Fsp3) is 0.538. The fourth-order valence-electron chi connectivity index (χ4n) is 2.59. The van der Waals surface area contributed by atoms with Gasteiger partial charge in [-0.1, -0.05) is 30.5 Å². The molecule has 1 aromatic rings. The van der Waals surface area contributed by atoms with Crippen LogP contribution in [0.15, 0.2) is 12.1 Å². The molecule has 0 radical (unpaired) electrons. The highest BCUT2D eigenvalue weighted by atomic mass is 19.1. The first-order chi connectivity index (χ1) is 7.03. The highest BCUT2D eigenvalue weighted by Gasteiger charge is 2.34. The van der Waals surface area contributed by atoms with Crippen LogP contribution in [0.3, 0.4) is 0 Å². The van der Waals surface area contributed by atoms with Gasteiger partial charge in [0.05, 0.1) is 0 Å². The molecule has 1 nitrogen and oxygen atoms in total. The van der Waals surface area contributed by atoms with E-state index in [9.17, 15) is 4.39 Å². The van der Waals surface area contributed by atoms with Crippen LogP contribution in [0.4, 0.5) is 4.39 Å². The van der Waals surface area contributed by atoms with Gasteiger partial charge in [-0.3, -0.25) is 0 Å². The lowest BCUT2D eigenvalue weighted by Gasteiger charge is -2.25. The SMILES string of the molecule is Cc1cc(C)c(F)c(C2(N)CCCC2)c1. The summed E-state index contributed by atoms with van der Waals surface area (Å²) >= 11 is 0. The minimum atomic E-state index is -0.416. The van der Waals surface area contributed by atoms with Crippen molar-refractivity contribution in [3.63, 3.8) is 0 Å². The maximum Gasteiger partial charge on any atom is 0.131 e. The lowest BCUT2D eigenvalue weighted by Crippen LogP contribution is -2.34. The first-order valence-corrected chi connectivity index (χ1v) is 5.59. The normalized spacial score (nSPS) is 19.5. The molecule has 0 spiro atoms. The molecule has 0 aromatic heterocycles. The zero-order valence-electron chi connectivity index (χ0n) is 9.44. The van der Waals surface area contributed by atoms with Gasteiger partial charge in [-0.05, 0) is 32.3 Å². The van der Waals surface area contributed by atoms with Gasteiger partial charge in [-0.2, -0.15) is 0 Å². The van der Waals surface area contributed by atoms with Gasteiger partial charge < -0.3 is 5.73 Å². The second-order valence-corrected chi connectivity index (χ2v) is 4.81. The molecule has 0 saturated heterocycles. The van der Waals surface area contributed by atoms with E-state index in [1.807, 2.05) is 26.0 Å². The zero-order chi connectivity index (χ0) is 11.1. The summed E-state index contributed by atoms with van der Waals surface area (Å²) < 4.78 is 14.0. The largest absolute Gasteiger partial charge is 0.321 e. The van der Waals surface area contributed by atoms with E-state index in [1.54, 1.807) is 0 Å². The summed E-state index contributed by atoms with van der Waals surface area (Å²) in [6.07, 6.45) is 4.05. The van der Waals surface area contributed by atoms with Gasteiger partial charge in [0.15, 0.2) is 0 Å². The Hall–Kier alpha value is -0.890. The molecule has 2 N–H and O–H groups in total. The zero-order valence-corrected chi connectivity index (χ0v) is 9.44. The predicted molar refractivity (Wildman–Crippen MR) is 60.2 cm³/mol. The number of aryl methyl sites for hydroxylation is 2. The van der Waals surface area contributed by atoms with Crippen LogP contribution in [0, 0.1) is 19.7 Å². The highest BCUT2D eigenvalue weighted by Crippen LogP contribution is 2.38. The topological polar surface area (TPSA) is 26.0 Å². The van der Waals surface area contributed by atoms with Gasteiger partial charge in [0.25, 0.3) is 0 Å². The van der Waals surface area contributed by atoms with Crippen molar-refractivity contribution in [2.24, 2.45) is 5.73 Å². The van der Waals surface area contributed by atoms with Crippen molar-refractivity contribution in [1.82, 2.24) is 0 Å². The number of rotatable bonds is 1. The van der Waals surface area contributed by atoms with Gasteiger partial charge in [-0.25, -0.2) is 4.39 Å². The van der Waals surface area contributed by atoms with Gasteiger partial charge in [-0.15, -0.1) is 0 Å². The molecule has 0 amide bonds. The molecule has 0 heterocycles. The average molecular weight is 207 g/mol. The first kappa shape index (κ1) is 10.6. The molecule has 1 aliphatic rings. The summed E-state index contributed by atoms with van der Waals surface area (Å²) in [5.74, 6) is -0.106. The lowest BCUT2D eigenvalue weighted by atomic mass is 9.87. The van der Waals surface area contributed by atoms with Gasteiger partial charge in [0.1, 0.15) is 5.82 Å². The molecular weight excluding hydrogens is 189 g/mol. The molecule has 1 aromatic carbocycles. The van der Waals surface area contributed by atoms with Gasteiger partial charge >= 0.3 is 0 Å². The minimum Gasteiger partial charge on any atom is -0.321 e. The molecule has 1 saturated carbocycles. The maximum absolute atomic E-state index is 14.0. The van der Waals surface area contributed by atoms with E-state index >= 15 is 0 Å². The Balaban J connectivity index is 2.51. The molecular formula is C13H18FN. The Morgan fingerprint density at radius 3 is 2.40 bits per heavy atom. The third-order valence-corrected chi connectivity index (χ3v) is 3.43. The van der Waals surface area contributed by atoms with Crippen molar-refractivity contribution in [2.75, 3.05) is 0 Å². The van der Waals surface area contributed by atoms with Crippen LogP contribution in [0.5, 0.6) is 0 Å². The van der Waals surface area contributed by atoms with Crippen molar-refractivity contribution in [2.45, 2.75) is 45.1 Å². The Morgan fingerprint density at radius 1 is 1.20 bits per heavy atom. The molecule has 0 unspecified atom stereocenters. The van der Waals surface area contributed by atoms with Crippen LogP contribution in [0.1, 0.15) is 42.4 Å². The Bertz CT molecular complexity index is 378. The molecule has 2 heteroatoms. The average Bonchev–Trinajstić information content (AvgIpc) is 2.59. The third-order valence-electron chi connectivity index (χ3n) is 3.43. The second kappa shape index (κ2) is 3.60. The Kier molecular flexibility index (Phi) is 2.55. The van der Waals surface area contributed by atoms with Crippen LogP contribution in [0.2, 0.25) is 0 Å². The van der Waals surface area contributed by atoms with E-state index in [4.69, 9.17) is 5.73 Å². The Morgan fingerprint density at radius 2 is 1.80 bits per heavy atom. The summed E-state index contributed by atoms with van der Waals surface area (Å²) in [4.78, 5) is 0. The number of halogens is 1. The fourth-order valence-corrected chi connectivity index (χ4v) is 2.59. The van der Waals surface area contributed by atoms with Crippen molar-refractivity contribution in [3.05, 3.63) is 34.6 Å². The highest BCUT2D eigenvalue weighted by molar-refractivity contribution is 5.35. The summed E-state index contributed by atoms with van der Waals surface area (Å²) in [6.45, 7) is 3.80. The van der Waals surface area contributed by atoms with Crippen LogP contribution < -0.4 is 5.73 Å². The monoisotopic (exact) mass is 207 g/mol. The van der Waals surface area contributed by atoms with Crippen LogP contribution in [0.25, 0.3) is 0 Å². The molecule has 82 valence electrons. The number of benzene rings is 1. The number of hydrogen-bond acceptors (Lipinski definition) is 1. The van der Waals surface area contributed by atoms with E-state index in [-0.39, 0.29) is 5.82 Å². The standard InChI is InChI=1S/C13H18FN/c1-9-7-10(2)12(14)11(8-9)13(15)5-3-4-6-13/h7-8H,3-6,15H2,1-2H3. The summed E-state index contributed by atoms with van der Waals surface area (Å²) in [5, 5.41) is 0. The maximum atomic E-state index is 14.0. The van der Waals surface area contributed by atoms with Crippen molar-refractivity contribution >= 4 is 0 Å². The lowest BCUT2D eigenvalue weighted by molar-refractivity contribution is 0.431. The minimum absolute atomic E-state index is 0.106. The van der Waals surface area contributed by atoms with Crippen molar-refractivity contribution in [3.8, 4) is 0 Å². The van der Waals surface area contributed by atoms with Crippen molar-refractivity contribution < 1.29 is 4.39 Å². The number of hydrogen-bond donors (Lipinski definition) is 1. The quantitative estimate of drug-likeness (QED) is 0.752. The van der Waals surface area contributed by atoms with Crippen LogP contribution >= 0.6 is 0 Å². The van der Waals surface area contributed by atoms with Gasteiger partial charge in [0, 0.05) is 11.1 Å². The van der Waals surface area contributed by atoms with E-state index in [0.717, 1.165) is 36.8 Å². The molecule has 15 heavy (non-hydrogen) atoms. The molecule has 2 rings (SSSR count). The molecule has 0 aliphatic heterocycles. The van der Waals surface area contributed by atoms with E-state index in [0.29, 0.717) is 5.56 Å². The summed E-state index contributed by atoms with van der Waals surface area (Å²) in [6, 6.07) is 3.78. The van der Waals surface area contributed by atoms with E-state index < -0.39 is 5.54 Å². The molecule has 0 atom stereocenters. The van der Waals surface area contributed by atoms with Gasteiger partial charge in [0.2, 0.25) is 0 Å². The smallest absolute Gasteiger partial charge is 0.131 e. The van der Waals surface area contributed by atoms with Crippen molar-refractivity contribution in [1.29, 1.82) is 0 Å². The first-order valence-electron chi connectivity index (χ1n) is 5.59. The van der Waals surface area contributed by atoms with Crippen LogP contribution in [-0.4, -0.2) is 0 Å². The second-order valence-electron chi connectivity index (χ2n) is 4.81. The third kappa shape index (κ3) is 1.78. The molecule has 0 bridgehead atoms. The number of nitrogens with two attached hydrogens (primary N) is 1. The van der Waals surface area contributed by atoms with E-state index in [2.05, 4.69) is 0 Å². The summed E-state index contributed by atoms with van der Waals surface area (Å²) in [5.41, 5.74) is 8.39. The molecule has 1 aliphatic carbocycles. The predicted octanol–water partition coefficient (Wildman–Crippen LogP) is 3.17. The van der Waals surface area contributed by atoms with Crippen LogP contribution in [-0.2, 0) is 5.54 Å². The summed E-state index contributed by atoms with van der Waals surface area (Å²) in [7, 11) is 0. The molecule has 1 fully saturated rings. The van der Waals surface area contributed by atoms with E-state index in [1.165, 1.54) is 0 Å². The Labute approximate surface area is 90.5 Å².